The molecule has 4 heteroatoms. The van der Waals surface area contributed by atoms with Crippen molar-refractivity contribution in [1.29, 1.82) is 0 Å². The maximum atomic E-state index is 4.09. The number of hydrogen-bond donors (Lipinski definition) is 1. The normalized spacial score (nSPS) is 12.4. The Morgan fingerprint density at radius 1 is 1.44 bits per heavy atom. The highest BCUT2D eigenvalue weighted by atomic mass is 79.9. The number of rotatable bonds is 3. The minimum absolute atomic E-state index is 0.283. The van der Waals surface area contributed by atoms with E-state index in [4.69, 9.17) is 0 Å². The van der Waals surface area contributed by atoms with Crippen LogP contribution in [0.4, 0.5) is 5.69 Å². The molecule has 1 aromatic heterocycles. The largest absolute Gasteiger partial charge is 0.377 e. The third kappa shape index (κ3) is 2.62. The van der Waals surface area contributed by atoms with Crippen LogP contribution in [0.15, 0.2) is 34.4 Å². The van der Waals surface area contributed by atoms with Crippen molar-refractivity contribution in [3.8, 4) is 0 Å². The van der Waals surface area contributed by atoms with Crippen molar-refractivity contribution in [2.24, 2.45) is 0 Å². The quantitative estimate of drug-likeness (QED) is 0.909. The number of aryl methyl sites for hydroxylation is 1. The van der Waals surface area contributed by atoms with Gasteiger partial charge in [-0.2, -0.15) is 0 Å². The van der Waals surface area contributed by atoms with Crippen LogP contribution in [0.5, 0.6) is 0 Å². The molecule has 84 valence electrons. The van der Waals surface area contributed by atoms with Gasteiger partial charge in [-0.3, -0.25) is 4.98 Å². The molecule has 0 radical (unpaired) electrons. The summed E-state index contributed by atoms with van der Waals surface area (Å²) in [6.07, 6.45) is 1.91. The van der Waals surface area contributed by atoms with E-state index in [0.29, 0.717) is 0 Å². The molecule has 1 atom stereocenters. The van der Waals surface area contributed by atoms with Crippen molar-refractivity contribution in [2.75, 3.05) is 5.32 Å². The highest BCUT2D eigenvalue weighted by Gasteiger charge is 2.08. The molecule has 2 aromatic rings. The molecule has 1 N–H and O–H groups in total. The van der Waals surface area contributed by atoms with Crippen molar-refractivity contribution < 1.29 is 0 Å². The molecule has 0 fully saturated rings. The number of hydrogen-bond acceptors (Lipinski definition) is 3. The Morgan fingerprint density at radius 3 is 2.94 bits per heavy atom. The first kappa shape index (κ1) is 11.6. The topological polar surface area (TPSA) is 24.9 Å². The number of thiazole rings is 1. The van der Waals surface area contributed by atoms with Crippen LogP contribution in [-0.4, -0.2) is 4.98 Å². The Balaban J connectivity index is 2.17. The van der Waals surface area contributed by atoms with Crippen LogP contribution in [0, 0.1) is 6.92 Å². The van der Waals surface area contributed by atoms with E-state index in [1.807, 2.05) is 11.7 Å². The average Bonchev–Trinajstić information content (AvgIpc) is 2.76. The van der Waals surface area contributed by atoms with Crippen molar-refractivity contribution in [2.45, 2.75) is 19.9 Å². The van der Waals surface area contributed by atoms with Gasteiger partial charge >= 0.3 is 0 Å². The zero-order valence-corrected chi connectivity index (χ0v) is 11.6. The van der Waals surface area contributed by atoms with Gasteiger partial charge in [0.05, 0.1) is 11.6 Å². The number of benzene rings is 1. The van der Waals surface area contributed by atoms with E-state index in [0.717, 1.165) is 10.2 Å². The minimum Gasteiger partial charge on any atom is -0.377 e. The highest BCUT2D eigenvalue weighted by Crippen LogP contribution is 2.28. The van der Waals surface area contributed by atoms with Crippen LogP contribution in [-0.2, 0) is 0 Å². The fourth-order valence-electron chi connectivity index (χ4n) is 1.49. The molecule has 1 unspecified atom stereocenters. The molecule has 0 amide bonds. The molecule has 2 nitrogen and oxygen atoms in total. The van der Waals surface area contributed by atoms with Crippen LogP contribution < -0.4 is 5.32 Å². The average molecular weight is 297 g/mol. The first-order valence-corrected chi connectivity index (χ1v) is 6.75. The van der Waals surface area contributed by atoms with E-state index in [2.05, 4.69) is 58.3 Å². The van der Waals surface area contributed by atoms with Crippen molar-refractivity contribution in [3.05, 3.63) is 44.8 Å². The van der Waals surface area contributed by atoms with Gasteiger partial charge in [0.1, 0.15) is 0 Å². The molecule has 0 aliphatic carbocycles. The van der Waals surface area contributed by atoms with E-state index in [1.54, 1.807) is 11.3 Å². The lowest BCUT2D eigenvalue weighted by atomic mass is 10.2. The van der Waals surface area contributed by atoms with Crippen molar-refractivity contribution in [3.63, 3.8) is 0 Å². The number of aromatic nitrogens is 1. The van der Waals surface area contributed by atoms with Crippen LogP contribution in [0.25, 0.3) is 0 Å². The number of anilines is 1. The predicted octanol–water partition coefficient (Wildman–Crippen LogP) is 4.39. The Bertz CT molecular complexity index is 468. The van der Waals surface area contributed by atoms with Gasteiger partial charge in [0, 0.05) is 21.2 Å². The molecular formula is C12H13BrN2S. The summed E-state index contributed by atoms with van der Waals surface area (Å²) in [7, 11) is 0. The Labute approximate surface area is 108 Å². The second kappa shape index (κ2) is 4.97. The van der Waals surface area contributed by atoms with E-state index >= 15 is 0 Å². The Morgan fingerprint density at radius 2 is 2.25 bits per heavy atom. The molecular weight excluding hydrogens is 284 g/mol. The Hall–Kier alpha value is -0.870. The second-order valence-electron chi connectivity index (χ2n) is 3.75. The molecule has 0 aliphatic rings. The van der Waals surface area contributed by atoms with E-state index in [1.165, 1.54) is 10.4 Å². The molecule has 0 spiro atoms. The second-order valence-corrected chi connectivity index (χ2v) is 5.53. The Kier molecular flexibility index (Phi) is 3.61. The lowest BCUT2D eigenvalue weighted by Crippen LogP contribution is -2.05. The summed E-state index contributed by atoms with van der Waals surface area (Å²) in [6, 6.07) is 6.58. The third-order valence-electron chi connectivity index (χ3n) is 2.37. The van der Waals surface area contributed by atoms with E-state index < -0.39 is 0 Å². The lowest BCUT2D eigenvalue weighted by Gasteiger charge is -2.15. The van der Waals surface area contributed by atoms with Gasteiger partial charge in [-0.25, -0.2) is 0 Å². The minimum atomic E-state index is 0.283. The third-order valence-corrected chi connectivity index (χ3v) is 4.02. The van der Waals surface area contributed by atoms with Crippen LogP contribution in [0.2, 0.25) is 0 Å². The monoisotopic (exact) mass is 296 g/mol. The number of nitrogens with one attached hydrogen (secondary N) is 1. The summed E-state index contributed by atoms with van der Waals surface area (Å²) in [5.41, 5.74) is 4.24. The molecule has 0 saturated heterocycles. The number of nitrogens with zero attached hydrogens (tertiary/aromatic N) is 1. The summed E-state index contributed by atoms with van der Waals surface area (Å²) in [6.45, 7) is 4.23. The fourth-order valence-corrected chi connectivity index (χ4v) is 2.48. The van der Waals surface area contributed by atoms with E-state index in [9.17, 15) is 0 Å². The fraction of sp³-hybridized carbons (Fsp3) is 0.250. The van der Waals surface area contributed by atoms with Gasteiger partial charge in [0.15, 0.2) is 0 Å². The van der Waals surface area contributed by atoms with Gasteiger partial charge < -0.3 is 5.32 Å². The summed E-state index contributed by atoms with van der Waals surface area (Å²) in [5.74, 6) is 0. The first-order valence-electron chi connectivity index (χ1n) is 5.08. The van der Waals surface area contributed by atoms with Gasteiger partial charge in [-0.1, -0.05) is 6.07 Å². The van der Waals surface area contributed by atoms with Gasteiger partial charge in [0.25, 0.3) is 0 Å². The van der Waals surface area contributed by atoms with Gasteiger partial charge in [-0.05, 0) is 47.5 Å². The van der Waals surface area contributed by atoms with Crippen LogP contribution >= 0.6 is 27.3 Å². The predicted molar refractivity (Wildman–Crippen MR) is 73.0 cm³/mol. The molecule has 2 rings (SSSR count). The standard InChI is InChI=1S/C12H13BrN2S/c1-8-3-4-10(13)11(5-8)15-9(2)12-6-14-7-16-12/h3-7,9,15H,1-2H3. The smallest absolute Gasteiger partial charge is 0.0795 e. The molecule has 0 bridgehead atoms. The van der Waals surface area contributed by atoms with Gasteiger partial charge in [0.2, 0.25) is 0 Å². The lowest BCUT2D eigenvalue weighted by molar-refractivity contribution is 0.902. The maximum Gasteiger partial charge on any atom is 0.0795 e. The summed E-state index contributed by atoms with van der Waals surface area (Å²) in [4.78, 5) is 5.34. The molecule has 0 saturated carbocycles. The van der Waals surface area contributed by atoms with Crippen LogP contribution in [0.1, 0.15) is 23.4 Å². The summed E-state index contributed by atoms with van der Waals surface area (Å²) in [5, 5.41) is 3.48. The summed E-state index contributed by atoms with van der Waals surface area (Å²) >= 11 is 5.22. The first-order chi connectivity index (χ1) is 7.66. The van der Waals surface area contributed by atoms with Crippen molar-refractivity contribution in [1.82, 2.24) is 4.98 Å². The highest BCUT2D eigenvalue weighted by molar-refractivity contribution is 9.10. The zero-order chi connectivity index (χ0) is 11.5. The number of halogens is 1. The van der Waals surface area contributed by atoms with E-state index in [-0.39, 0.29) is 6.04 Å². The van der Waals surface area contributed by atoms with Crippen LogP contribution in [0.3, 0.4) is 0 Å². The van der Waals surface area contributed by atoms with Crippen molar-refractivity contribution >= 4 is 33.0 Å². The molecule has 0 aliphatic heterocycles. The SMILES string of the molecule is Cc1ccc(Br)c(NC(C)c2cncs2)c1. The molecule has 16 heavy (non-hydrogen) atoms. The molecule has 1 aromatic carbocycles. The van der Waals surface area contributed by atoms with Gasteiger partial charge in [-0.15, -0.1) is 11.3 Å². The molecule has 1 heterocycles. The summed E-state index contributed by atoms with van der Waals surface area (Å²) < 4.78 is 1.09. The zero-order valence-electron chi connectivity index (χ0n) is 9.20. The maximum absolute atomic E-state index is 4.09.